The molecule has 2 aliphatic carbocycles. The molecule has 2 bridgehead atoms. The fourth-order valence-corrected chi connectivity index (χ4v) is 3.95. The summed E-state index contributed by atoms with van der Waals surface area (Å²) in [6, 6.07) is 3.38. The summed E-state index contributed by atoms with van der Waals surface area (Å²) in [6.45, 7) is 0. The summed E-state index contributed by atoms with van der Waals surface area (Å²) in [5.74, 6) is -1.65. The Bertz CT molecular complexity index is 726. The van der Waals surface area contributed by atoms with Crippen LogP contribution >= 0.6 is 0 Å². The lowest BCUT2D eigenvalue weighted by molar-refractivity contribution is -0.384. The lowest BCUT2D eigenvalue weighted by Crippen LogP contribution is -2.32. The van der Waals surface area contributed by atoms with E-state index in [4.69, 9.17) is 0 Å². The van der Waals surface area contributed by atoms with Gasteiger partial charge < -0.3 is 5.11 Å². The van der Waals surface area contributed by atoms with E-state index >= 15 is 0 Å². The number of anilines is 1. The average Bonchev–Trinajstić information content (AvgIpc) is 3.14. The number of benzene rings is 1. The van der Waals surface area contributed by atoms with Crippen molar-refractivity contribution in [3.63, 3.8) is 0 Å². The molecule has 0 radical (unpaired) electrons. The third-order valence-electron chi connectivity index (χ3n) is 4.88. The predicted octanol–water partition coefficient (Wildman–Crippen LogP) is 1.61. The van der Waals surface area contributed by atoms with Crippen LogP contribution in [-0.4, -0.2) is 21.8 Å². The molecule has 1 saturated carbocycles. The Labute approximate surface area is 125 Å². The van der Waals surface area contributed by atoms with Gasteiger partial charge in [-0.15, -0.1) is 0 Å². The lowest BCUT2D eigenvalue weighted by Gasteiger charge is -2.18. The monoisotopic (exact) mass is 300 g/mol. The first kappa shape index (κ1) is 13.0. The highest BCUT2D eigenvalue weighted by molar-refractivity contribution is 6.23. The summed E-state index contributed by atoms with van der Waals surface area (Å²) in [7, 11) is 0. The van der Waals surface area contributed by atoms with Gasteiger partial charge in [0.05, 0.1) is 28.5 Å². The second kappa shape index (κ2) is 4.16. The standard InChI is InChI=1S/C15H12N2O5/c18-11-6-9(17(21)22)3-4-10(11)16-14(19)12-7-1-2-8(5-7)13(12)15(16)20/h1-4,6-8,12-13,18H,5H2/t7-,8-,12-,13+/m1/s1. The number of non-ortho nitro benzene ring substituents is 1. The average molecular weight is 300 g/mol. The van der Waals surface area contributed by atoms with Gasteiger partial charge in [-0.1, -0.05) is 12.2 Å². The van der Waals surface area contributed by atoms with Crippen LogP contribution in [0.3, 0.4) is 0 Å². The van der Waals surface area contributed by atoms with Gasteiger partial charge in [0, 0.05) is 6.07 Å². The largest absolute Gasteiger partial charge is 0.505 e. The SMILES string of the molecule is O=C1[C@@H]2[C@H](C(=O)N1c1ccc([N+](=O)[O-])cc1O)[C@@H]1C=C[C@@H]2C1. The molecule has 0 unspecified atom stereocenters. The Kier molecular flexibility index (Phi) is 2.46. The number of phenolic OH excluding ortho intramolecular Hbond substituents is 1. The van der Waals surface area contributed by atoms with Gasteiger partial charge in [-0.3, -0.25) is 19.7 Å². The smallest absolute Gasteiger partial charge is 0.273 e. The highest BCUT2D eigenvalue weighted by Crippen LogP contribution is 2.53. The van der Waals surface area contributed by atoms with Gasteiger partial charge in [0.25, 0.3) is 5.69 Å². The normalized spacial score (nSPS) is 31.9. The van der Waals surface area contributed by atoms with Crippen LogP contribution in [-0.2, 0) is 9.59 Å². The molecule has 22 heavy (non-hydrogen) atoms. The second-order valence-corrected chi connectivity index (χ2v) is 5.94. The van der Waals surface area contributed by atoms with E-state index in [1.807, 2.05) is 12.2 Å². The zero-order chi connectivity index (χ0) is 15.6. The van der Waals surface area contributed by atoms with Crippen LogP contribution in [0, 0.1) is 33.8 Å². The molecular weight excluding hydrogens is 288 g/mol. The first-order chi connectivity index (χ1) is 10.5. The first-order valence-corrected chi connectivity index (χ1v) is 7.02. The van der Waals surface area contributed by atoms with Gasteiger partial charge in [-0.25, -0.2) is 4.90 Å². The van der Waals surface area contributed by atoms with Gasteiger partial charge in [-0.05, 0) is 24.3 Å². The number of nitro benzene ring substituents is 1. The van der Waals surface area contributed by atoms with Crippen LogP contribution in [0.5, 0.6) is 5.75 Å². The molecule has 1 aliphatic heterocycles. The highest BCUT2D eigenvalue weighted by Gasteiger charge is 2.59. The summed E-state index contributed by atoms with van der Waals surface area (Å²) < 4.78 is 0. The topological polar surface area (TPSA) is 101 Å². The maximum Gasteiger partial charge on any atom is 0.273 e. The minimum atomic E-state index is -0.643. The molecule has 7 nitrogen and oxygen atoms in total. The molecule has 0 aromatic heterocycles. The Balaban J connectivity index is 1.74. The number of amides is 2. The predicted molar refractivity (Wildman–Crippen MR) is 75.0 cm³/mol. The molecule has 1 aromatic rings. The number of fused-ring (bicyclic) bond motifs is 5. The number of imide groups is 1. The summed E-state index contributed by atoms with van der Waals surface area (Å²) in [5.41, 5.74) is -0.267. The van der Waals surface area contributed by atoms with Crippen molar-refractivity contribution >= 4 is 23.2 Å². The maximum atomic E-state index is 12.6. The van der Waals surface area contributed by atoms with Gasteiger partial charge in [0.1, 0.15) is 5.75 Å². The van der Waals surface area contributed by atoms with Crippen molar-refractivity contribution in [2.75, 3.05) is 4.90 Å². The van der Waals surface area contributed by atoms with Crippen LogP contribution in [0.15, 0.2) is 30.4 Å². The molecule has 1 aromatic carbocycles. The Morgan fingerprint density at radius 1 is 1.14 bits per heavy atom. The fourth-order valence-electron chi connectivity index (χ4n) is 3.95. The van der Waals surface area contributed by atoms with Crippen molar-refractivity contribution in [3.8, 4) is 5.75 Å². The molecule has 2 fully saturated rings. The summed E-state index contributed by atoms with van der Waals surface area (Å²) in [6.07, 6.45) is 4.79. The summed E-state index contributed by atoms with van der Waals surface area (Å²) in [5, 5.41) is 20.7. The van der Waals surface area contributed by atoms with E-state index in [2.05, 4.69) is 0 Å². The molecule has 4 atom stereocenters. The van der Waals surface area contributed by atoms with Crippen molar-refractivity contribution in [2.24, 2.45) is 23.7 Å². The van der Waals surface area contributed by atoms with E-state index in [0.29, 0.717) is 0 Å². The van der Waals surface area contributed by atoms with E-state index < -0.39 is 10.7 Å². The molecule has 7 heteroatoms. The summed E-state index contributed by atoms with van der Waals surface area (Å²) in [4.78, 5) is 36.2. The van der Waals surface area contributed by atoms with E-state index in [-0.39, 0.29) is 46.9 Å². The Hall–Kier alpha value is -2.70. The van der Waals surface area contributed by atoms with Gasteiger partial charge >= 0.3 is 0 Å². The molecule has 1 N–H and O–H groups in total. The zero-order valence-electron chi connectivity index (χ0n) is 11.4. The van der Waals surface area contributed by atoms with Gasteiger partial charge in [0.15, 0.2) is 0 Å². The maximum absolute atomic E-state index is 12.6. The van der Waals surface area contributed by atoms with Crippen LogP contribution in [0.4, 0.5) is 11.4 Å². The van der Waals surface area contributed by atoms with E-state index in [1.54, 1.807) is 0 Å². The molecule has 112 valence electrons. The first-order valence-electron chi connectivity index (χ1n) is 7.02. The Morgan fingerprint density at radius 3 is 2.23 bits per heavy atom. The van der Waals surface area contributed by atoms with Crippen molar-refractivity contribution in [1.29, 1.82) is 0 Å². The van der Waals surface area contributed by atoms with E-state index in [9.17, 15) is 24.8 Å². The fraction of sp³-hybridized carbons (Fsp3) is 0.333. The van der Waals surface area contributed by atoms with Crippen molar-refractivity contribution in [1.82, 2.24) is 0 Å². The number of allylic oxidation sites excluding steroid dienone is 2. The van der Waals surface area contributed by atoms with Crippen molar-refractivity contribution in [2.45, 2.75) is 6.42 Å². The quantitative estimate of drug-likeness (QED) is 0.387. The number of hydrogen-bond acceptors (Lipinski definition) is 5. The summed E-state index contributed by atoms with van der Waals surface area (Å²) >= 11 is 0. The molecule has 2 amide bonds. The number of carbonyl (C=O) groups is 2. The molecular formula is C15H12N2O5. The lowest BCUT2D eigenvalue weighted by atomic mass is 9.85. The van der Waals surface area contributed by atoms with E-state index in [0.717, 1.165) is 17.4 Å². The molecule has 1 heterocycles. The molecule has 1 saturated heterocycles. The Morgan fingerprint density at radius 2 is 1.73 bits per heavy atom. The number of hydrogen-bond donors (Lipinski definition) is 1. The van der Waals surface area contributed by atoms with Crippen molar-refractivity contribution in [3.05, 3.63) is 40.5 Å². The molecule has 4 rings (SSSR count). The third-order valence-corrected chi connectivity index (χ3v) is 4.88. The zero-order valence-corrected chi connectivity index (χ0v) is 11.4. The minimum Gasteiger partial charge on any atom is -0.505 e. The second-order valence-electron chi connectivity index (χ2n) is 5.94. The van der Waals surface area contributed by atoms with Crippen LogP contribution < -0.4 is 4.90 Å². The third kappa shape index (κ3) is 1.50. The van der Waals surface area contributed by atoms with Crippen LogP contribution in [0.2, 0.25) is 0 Å². The number of carbonyl (C=O) groups excluding carboxylic acids is 2. The highest BCUT2D eigenvalue weighted by atomic mass is 16.6. The number of nitro groups is 1. The minimum absolute atomic E-state index is 0.0226. The number of phenols is 1. The van der Waals surface area contributed by atoms with Crippen LogP contribution in [0.1, 0.15) is 6.42 Å². The van der Waals surface area contributed by atoms with Crippen LogP contribution in [0.25, 0.3) is 0 Å². The number of rotatable bonds is 2. The number of nitrogens with zero attached hydrogens (tertiary/aromatic N) is 2. The van der Waals surface area contributed by atoms with Crippen molar-refractivity contribution < 1.29 is 19.6 Å². The van der Waals surface area contributed by atoms with Gasteiger partial charge in [-0.2, -0.15) is 0 Å². The molecule has 0 spiro atoms. The van der Waals surface area contributed by atoms with E-state index in [1.165, 1.54) is 12.1 Å². The number of aromatic hydroxyl groups is 1. The van der Waals surface area contributed by atoms with Gasteiger partial charge in [0.2, 0.25) is 11.8 Å². The molecule has 3 aliphatic rings.